The maximum absolute atomic E-state index is 12.1. The predicted molar refractivity (Wildman–Crippen MR) is 86.1 cm³/mol. The number of carbonyl (C=O) groups excluding carboxylic acids is 1. The molecule has 1 aliphatic heterocycles. The standard InChI is InChI=1S/C16H30N2O.ClH/c1-12(2)14-5-3-13(4-6-14)11-18-16(19)15-7-9-17-10-8-15;/h12-15,17H,3-11H2,1-2H3,(H,18,19);1H. The van der Waals surface area contributed by atoms with Crippen molar-refractivity contribution in [1.29, 1.82) is 0 Å². The van der Waals surface area contributed by atoms with E-state index in [-0.39, 0.29) is 18.3 Å². The SMILES string of the molecule is CC(C)C1CCC(CNC(=O)C2CCNCC2)CC1.Cl. The van der Waals surface area contributed by atoms with Crippen LogP contribution in [0.3, 0.4) is 0 Å². The summed E-state index contributed by atoms with van der Waals surface area (Å²) >= 11 is 0. The molecule has 1 heterocycles. The van der Waals surface area contributed by atoms with Crippen LogP contribution >= 0.6 is 12.4 Å². The molecular weight excluding hydrogens is 272 g/mol. The largest absolute Gasteiger partial charge is 0.356 e. The number of rotatable bonds is 4. The number of hydrogen-bond acceptors (Lipinski definition) is 2. The van der Waals surface area contributed by atoms with E-state index in [2.05, 4.69) is 24.5 Å². The van der Waals surface area contributed by atoms with E-state index in [4.69, 9.17) is 0 Å². The molecule has 2 rings (SSSR count). The highest BCUT2D eigenvalue weighted by molar-refractivity contribution is 5.85. The predicted octanol–water partition coefficient (Wildman–Crippen LogP) is 2.99. The number of amides is 1. The summed E-state index contributed by atoms with van der Waals surface area (Å²) < 4.78 is 0. The fraction of sp³-hybridized carbons (Fsp3) is 0.938. The Labute approximate surface area is 130 Å². The van der Waals surface area contributed by atoms with Crippen molar-refractivity contribution in [1.82, 2.24) is 10.6 Å². The van der Waals surface area contributed by atoms with E-state index in [0.717, 1.165) is 50.2 Å². The Balaban J connectivity index is 0.00000200. The lowest BCUT2D eigenvalue weighted by Gasteiger charge is -2.31. The Morgan fingerprint density at radius 3 is 2.25 bits per heavy atom. The normalized spacial score (nSPS) is 27.9. The number of carbonyl (C=O) groups is 1. The highest BCUT2D eigenvalue weighted by atomic mass is 35.5. The van der Waals surface area contributed by atoms with Crippen molar-refractivity contribution in [2.45, 2.75) is 52.4 Å². The smallest absolute Gasteiger partial charge is 0.223 e. The third kappa shape index (κ3) is 5.25. The van der Waals surface area contributed by atoms with E-state index in [1.54, 1.807) is 0 Å². The minimum absolute atomic E-state index is 0. The van der Waals surface area contributed by atoms with Gasteiger partial charge in [-0.05, 0) is 69.4 Å². The minimum atomic E-state index is 0. The summed E-state index contributed by atoms with van der Waals surface area (Å²) in [4.78, 5) is 12.1. The van der Waals surface area contributed by atoms with Crippen molar-refractivity contribution in [2.75, 3.05) is 19.6 Å². The van der Waals surface area contributed by atoms with Crippen molar-refractivity contribution >= 4 is 18.3 Å². The van der Waals surface area contributed by atoms with Gasteiger partial charge >= 0.3 is 0 Å². The Bertz CT molecular complexity index is 282. The molecule has 0 unspecified atom stereocenters. The second-order valence-electron chi connectivity index (χ2n) is 6.79. The topological polar surface area (TPSA) is 41.1 Å². The van der Waals surface area contributed by atoms with Crippen molar-refractivity contribution in [3.63, 3.8) is 0 Å². The maximum Gasteiger partial charge on any atom is 0.223 e. The van der Waals surface area contributed by atoms with Crippen molar-refractivity contribution in [2.24, 2.45) is 23.7 Å². The van der Waals surface area contributed by atoms with Gasteiger partial charge in [-0.3, -0.25) is 4.79 Å². The number of halogens is 1. The second-order valence-corrected chi connectivity index (χ2v) is 6.79. The van der Waals surface area contributed by atoms with Gasteiger partial charge < -0.3 is 10.6 Å². The van der Waals surface area contributed by atoms with Gasteiger partial charge in [-0.25, -0.2) is 0 Å². The third-order valence-electron chi connectivity index (χ3n) is 5.11. The molecule has 0 aromatic heterocycles. The third-order valence-corrected chi connectivity index (χ3v) is 5.11. The van der Waals surface area contributed by atoms with Crippen LogP contribution in [0.4, 0.5) is 0 Å². The van der Waals surface area contributed by atoms with Gasteiger partial charge in [0.25, 0.3) is 0 Å². The van der Waals surface area contributed by atoms with Gasteiger partial charge in [0, 0.05) is 12.5 Å². The van der Waals surface area contributed by atoms with Gasteiger partial charge in [-0.2, -0.15) is 0 Å². The average molecular weight is 303 g/mol. The van der Waals surface area contributed by atoms with Crippen molar-refractivity contribution < 1.29 is 4.79 Å². The lowest BCUT2D eigenvalue weighted by atomic mass is 9.77. The molecule has 20 heavy (non-hydrogen) atoms. The van der Waals surface area contributed by atoms with E-state index in [9.17, 15) is 4.79 Å². The second kappa shape index (κ2) is 8.89. The highest BCUT2D eigenvalue weighted by Crippen LogP contribution is 2.32. The summed E-state index contributed by atoms with van der Waals surface area (Å²) in [5.41, 5.74) is 0. The molecule has 0 radical (unpaired) electrons. The first-order valence-corrected chi connectivity index (χ1v) is 8.15. The molecule has 1 amide bonds. The van der Waals surface area contributed by atoms with Gasteiger partial charge in [-0.15, -0.1) is 12.4 Å². The molecule has 1 saturated carbocycles. The molecule has 3 nitrogen and oxygen atoms in total. The van der Waals surface area contributed by atoms with E-state index in [1.807, 2.05) is 0 Å². The molecule has 0 aromatic carbocycles. The molecule has 1 aliphatic carbocycles. The number of nitrogens with one attached hydrogen (secondary N) is 2. The molecule has 0 atom stereocenters. The van der Waals surface area contributed by atoms with Crippen LogP contribution in [0.25, 0.3) is 0 Å². The van der Waals surface area contributed by atoms with Crippen LogP contribution in [-0.2, 0) is 4.79 Å². The van der Waals surface area contributed by atoms with Crippen LogP contribution in [0.15, 0.2) is 0 Å². The van der Waals surface area contributed by atoms with Crippen LogP contribution in [0, 0.1) is 23.7 Å². The molecule has 1 saturated heterocycles. The van der Waals surface area contributed by atoms with E-state index < -0.39 is 0 Å². The summed E-state index contributed by atoms with van der Waals surface area (Å²) in [6, 6.07) is 0. The minimum Gasteiger partial charge on any atom is -0.356 e. The fourth-order valence-electron chi connectivity index (χ4n) is 3.53. The molecule has 2 N–H and O–H groups in total. The average Bonchev–Trinajstić information content (AvgIpc) is 2.46. The van der Waals surface area contributed by atoms with Gasteiger partial charge in [-0.1, -0.05) is 13.8 Å². The van der Waals surface area contributed by atoms with Crippen LogP contribution in [0.5, 0.6) is 0 Å². The molecule has 0 aromatic rings. The zero-order chi connectivity index (χ0) is 13.7. The van der Waals surface area contributed by atoms with Crippen molar-refractivity contribution in [3.05, 3.63) is 0 Å². The molecule has 0 spiro atoms. The number of hydrogen-bond donors (Lipinski definition) is 2. The Morgan fingerprint density at radius 1 is 1.10 bits per heavy atom. The van der Waals surface area contributed by atoms with E-state index >= 15 is 0 Å². The molecule has 2 aliphatic rings. The fourth-order valence-corrected chi connectivity index (χ4v) is 3.53. The highest BCUT2D eigenvalue weighted by Gasteiger charge is 2.25. The first-order valence-electron chi connectivity index (χ1n) is 8.15. The van der Waals surface area contributed by atoms with Gasteiger partial charge in [0.2, 0.25) is 5.91 Å². The van der Waals surface area contributed by atoms with Crippen LogP contribution in [-0.4, -0.2) is 25.5 Å². The van der Waals surface area contributed by atoms with E-state index in [1.165, 1.54) is 25.7 Å². The molecule has 0 bridgehead atoms. The van der Waals surface area contributed by atoms with Crippen molar-refractivity contribution in [3.8, 4) is 0 Å². The molecule has 118 valence electrons. The van der Waals surface area contributed by atoms with E-state index in [0.29, 0.717) is 5.91 Å². The van der Waals surface area contributed by atoms with Gasteiger partial charge in [0.05, 0.1) is 0 Å². The van der Waals surface area contributed by atoms with Crippen LogP contribution < -0.4 is 10.6 Å². The molecule has 2 fully saturated rings. The Hall–Kier alpha value is -0.280. The summed E-state index contributed by atoms with van der Waals surface area (Å²) in [7, 11) is 0. The zero-order valence-electron chi connectivity index (χ0n) is 13.0. The lowest BCUT2D eigenvalue weighted by Crippen LogP contribution is -2.40. The monoisotopic (exact) mass is 302 g/mol. The van der Waals surface area contributed by atoms with Gasteiger partial charge in [0.15, 0.2) is 0 Å². The zero-order valence-corrected chi connectivity index (χ0v) is 13.8. The quantitative estimate of drug-likeness (QED) is 0.838. The molecular formula is C16H31ClN2O. The van der Waals surface area contributed by atoms with Crippen LogP contribution in [0.1, 0.15) is 52.4 Å². The van der Waals surface area contributed by atoms with Gasteiger partial charge in [0.1, 0.15) is 0 Å². The summed E-state index contributed by atoms with van der Waals surface area (Å²) in [6.45, 7) is 7.58. The lowest BCUT2D eigenvalue weighted by molar-refractivity contribution is -0.126. The first kappa shape index (κ1) is 17.8. The number of piperidine rings is 1. The summed E-state index contributed by atoms with van der Waals surface area (Å²) in [5, 5.41) is 6.51. The van der Waals surface area contributed by atoms with Crippen LogP contribution in [0.2, 0.25) is 0 Å². The summed E-state index contributed by atoms with van der Waals surface area (Å²) in [6.07, 6.45) is 7.32. The summed E-state index contributed by atoms with van der Waals surface area (Å²) in [5.74, 6) is 3.02. The maximum atomic E-state index is 12.1. The Morgan fingerprint density at radius 2 is 1.70 bits per heavy atom. The molecule has 4 heteroatoms. The first-order chi connectivity index (χ1) is 9.16. The Kier molecular flexibility index (Phi) is 7.90.